The number of amides is 1. The molecule has 1 rings (SSSR count). The number of hydrogen-bond acceptors (Lipinski definition) is 4. The molecule has 1 amide bonds. The summed E-state index contributed by atoms with van der Waals surface area (Å²) in [5.74, 6) is 0.965. The van der Waals surface area contributed by atoms with E-state index >= 15 is 0 Å². The van der Waals surface area contributed by atoms with Crippen LogP contribution in [0.3, 0.4) is 0 Å². The Kier molecular flexibility index (Phi) is 6.55. The summed E-state index contributed by atoms with van der Waals surface area (Å²) in [5.41, 5.74) is 6.27. The summed E-state index contributed by atoms with van der Waals surface area (Å²) >= 11 is 6.06. The van der Waals surface area contributed by atoms with Crippen molar-refractivity contribution >= 4 is 17.5 Å². The van der Waals surface area contributed by atoms with Crippen molar-refractivity contribution in [3.63, 3.8) is 0 Å². The zero-order valence-corrected chi connectivity index (χ0v) is 14.2. The van der Waals surface area contributed by atoms with Crippen LogP contribution < -0.4 is 5.73 Å². The highest BCUT2D eigenvalue weighted by atomic mass is 35.5. The first-order chi connectivity index (χ1) is 9.73. The number of nitrogens with two attached hydrogens (primary N) is 1. The molecule has 0 bridgehead atoms. The summed E-state index contributed by atoms with van der Waals surface area (Å²) in [7, 11) is 1.74. The molecule has 0 aliphatic rings. The van der Waals surface area contributed by atoms with Crippen molar-refractivity contribution in [2.75, 3.05) is 13.6 Å². The predicted octanol–water partition coefficient (Wildman–Crippen LogP) is 2.70. The maximum atomic E-state index is 12.4. The number of carbonyl (C=O) groups is 1. The minimum atomic E-state index is -0.194. The third kappa shape index (κ3) is 4.93. The number of nitrogens with zero attached hydrogens (tertiary/aromatic N) is 3. The standard InChI is InChI=1S/C15H25ClN4O/c1-9(2)12(17)6-7-20(5)15(21)13-11(16)8-18-14(19-13)10(3)4/h8-10,12H,6-7,17H2,1-5H3. The minimum Gasteiger partial charge on any atom is -0.340 e. The van der Waals surface area contributed by atoms with E-state index < -0.39 is 0 Å². The average molecular weight is 313 g/mol. The predicted molar refractivity (Wildman–Crippen MR) is 85.5 cm³/mol. The summed E-state index contributed by atoms with van der Waals surface area (Å²) in [6, 6.07) is 0.0762. The second-order valence-corrected chi connectivity index (χ2v) is 6.41. The topological polar surface area (TPSA) is 72.1 Å². The summed E-state index contributed by atoms with van der Waals surface area (Å²) in [6.07, 6.45) is 2.24. The van der Waals surface area contributed by atoms with E-state index in [0.717, 1.165) is 6.42 Å². The number of hydrogen-bond donors (Lipinski definition) is 1. The van der Waals surface area contributed by atoms with Crippen LogP contribution in [-0.4, -0.2) is 40.4 Å². The molecule has 1 atom stereocenters. The van der Waals surface area contributed by atoms with Crippen LogP contribution >= 0.6 is 11.6 Å². The summed E-state index contributed by atoms with van der Waals surface area (Å²) in [5, 5.41) is 0.282. The second kappa shape index (κ2) is 7.71. The molecule has 5 nitrogen and oxygen atoms in total. The van der Waals surface area contributed by atoms with Gasteiger partial charge in [-0.3, -0.25) is 4.79 Å². The number of halogens is 1. The lowest BCUT2D eigenvalue weighted by Crippen LogP contribution is -2.35. The van der Waals surface area contributed by atoms with E-state index in [1.165, 1.54) is 6.20 Å². The molecule has 6 heteroatoms. The average Bonchev–Trinajstić information content (AvgIpc) is 2.43. The lowest BCUT2D eigenvalue weighted by atomic mass is 10.0. The third-order valence-electron chi connectivity index (χ3n) is 3.48. The fourth-order valence-electron chi connectivity index (χ4n) is 1.77. The summed E-state index contributed by atoms with van der Waals surface area (Å²) in [6.45, 7) is 8.67. The monoisotopic (exact) mass is 312 g/mol. The van der Waals surface area contributed by atoms with Gasteiger partial charge in [0.1, 0.15) is 5.82 Å². The molecule has 118 valence electrons. The van der Waals surface area contributed by atoms with Crippen LogP contribution in [0.25, 0.3) is 0 Å². The van der Waals surface area contributed by atoms with Crippen LogP contribution in [0.1, 0.15) is 56.3 Å². The highest BCUT2D eigenvalue weighted by molar-refractivity contribution is 6.33. The molecule has 0 radical (unpaired) electrons. The van der Waals surface area contributed by atoms with Gasteiger partial charge in [0.2, 0.25) is 0 Å². The smallest absolute Gasteiger partial charge is 0.273 e. The van der Waals surface area contributed by atoms with Gasteiger partial charge in [0.15, 0.2) is 5.69 Å². The Morgan fingerprint density at radius 1 is 1.38 bits per heavy atom. The van der Waals surface area contributed by atoms with Crippen LogP contribution in [0, 0.1) is 5.92 Å². The fourth-order valence-corrected chi connectivity index (χ4v) is 1.94. The molecule has 0 aromatic carbocycles. The summed E-state index contributed by atoms with van der Waals surface area (Å²) < 4.78 is 0. The Morgan fingerprint density at radius 2 is 2.00 bits per heavy atom. The van der Waals surface area contributed by atoms with Crippen molar-refractivity contribution < 1.29 is 4.79 Å². The van der Waals surface area contributed by atoms with E-state index in [1.54, 1.807) is 11.9 Å². The minimum absolute atomic E-state index is 0.0762. The Bertz CT molecular complexity index is 491. The second-order valence-electron chi connectivity index (χ2n) is 6.00. The van der Waals surface area contributed by atoms with E-state index in [0.29, 0.717) is 18.3 Å². The highest BCUT2D eigenvalue weighted by Gasteiger charge is 2.20. The number of aromatic nitrogens is 2. The zero-order chi connectivity index (χ0) is 16.2. The van der Waals surface area contributed by atoms with Gasteiger partial charge in [0.05, 0.1) is 11.2 Å². The molecule has 1 aromatic rings. The molecule has 1 aromatic heterocycles. The molecule has 1 heterocycles. The van der Waals surface area contributed by atoms with Gasteiger partial charge < -0.3 is 10.6 Å². The molecular weight excluding hydrogens is 288 g/mol. The molecule has 21 heavy (non-hydrogen) atoms. The Labute approximate surface area is 131 Å². The fraction of sp³-hybridized carbons (Fsp3) is 0.667. The van der Waals surface area contributed by atoms with Gasteiger partial charge in [-0.1, -0.05) is 39.3 Å². The first kappa shape index (κ1) is 17.9. The third-order valence-corrected chi connectivity index (χ3v) is 3.76. The van der Waals surface area contributed by atoms with Crippen LogP contribution in [-0.2, 0) is 0 Å². The van der Waals surface area contributed by atoms with Crippen molar-refractivity contribution in [2.45, 2.75) is 46.1 Å². The number of rotatable bonds is 6. The summed E-state index contributed by atoms with van der Waals surface area (Å²) in [4.78, 5) is 22.5. The van der Waals surface area contributed by atoms with Gasteiger partial charge in [0.25, 0.3) is 5.91 Å². The molecular formula is C15H25ClN4O. The Hall–Kier alpha value is -1.20. The highest BCUT2D eigenvalue weighted by Crippen LogP contribution is 2.18. The molecule has 2 N–H and O–H groups in total. The lowest BCUT2D eigenvalue weighted by molar-refractivity contribution is 0.0783. The Morgan fingerprint density at radius 3 is 2.52 bits per heavy atom. The van der Waals surface area contributed by atoms with Crippen molar-refractivity contribution in [3.8, 4) is 0 Å². The van der Waals surface area contributed by atoms with Crippen LogP contribution in [0.15, 0.2) is 6.20 Å². The molecule has 0 fully saturated rings. The molecule has 0 aliphatic heterocycles. The molecule has 0 saturated carbocycles. The van der Waals surface area contributed by atoms with Crippen molar-refractivity contribution in [2.24, 2.45) is 11.7 Å². The maximum absolute atomic E-state index is 12.4. The quantitative estimate of drug-likeness (QED) is 0.876. The molecule has 0 spiro atoms. The van der Waals surface area contributed by atoms with Crippen molar-refractivity contribution in [3.05, 3.63) is 22.7 Å². The van der Waals surface area contributed by atoms with Crippen molar-refractivity contribution in [1.82, 2.24) is 14.9 Å². The van der Waals surface area contributed by atoms with E-state index in [-0.39, 0.29) is 28.6 Å². The van der Waals surface area contributed by atoms with Crippen molar-refractivity contribution in [1.29, 1.82) is 0 Å². The van der Waals surface area contributed by atoms with Crippen LogP contribution in [0.2, 0.25) is 5.02 Å². The lowest BCUT2D eigenvalue weighted by Gasteiger charge is -2.21. The maximum Gasteiger partial charge on any atom is 0.273 e. The SMILES string of the molecule is CC(C)c1ncc(Cl)c(C(=O)N(C)CCC(N)C(C)C)n1. The first-order valence-electron chi connectivity index (χ1n) is 7.27. The molecule has 1 unspecified atom stereocenters. The molecule has 0 saturated heterocycles. The van der Waals surface area contributed by atoms with E-state index in [2.05, 4.69) is 23.8 Å². The Balaban J connectivity index is 2.80. The first-order valence-corrected chi connectivity index (χ1v) is 7.65. The van der Waals surface area contributed by atoms with Crippen LogP contribution in [0.4, 0.5) is 0 Å². The molecule has 0 aliphatic carbocycles. The van der Waals surface area contributed by atoms with E-state index in [1.807, 2.05) is 13.8 Å². The number of carbonyl (C=O) groups excluding carboxylic acids is 1. The van der Waals surface area contributed by atoms with Gasteiger partial charge in [0, 0.05) is 25.6 Å². The van der Waals surface area contributed by atoms with Gasteiger partial charge in [-0.25, -0.2) is 9.97 Å². The van der Waals surface area contributed by atoms with Gasteiger partial charge in [-0.15, -0.1) is 0 Å². The largest absolute Gasteiger partial charge is 0.340 e. The van der Waals surface area contributed by atoms with E-state index in [9.17, 15) is 4.79 Å². The van der Waals surface area contributed by atoms with E-state index in [4.69, 9.17) is 17.3 Å². The zero-order valence-electron chi connectivity index (χ0n) is 13.4. The normalized spacial score (nSPS) is 12.8. The van der Waals surface area contributed by atoms with Gasteiger partial charge in [-0.2, -0.15) is 0 Å². The van der Waals surface area contributed by atoms with Gasteiger partial charge in [-0.05, 0) is 12.3 Å². The van der Waals surface area contributed by atoms with Crippen LogP contribution in [0.5, 0.6) is 0 Å². The van der Waals surface area contributed by atoms with Gasteiger partial charge >= 0.3 is 0 Å².